The lowest BCUT2D eigenvalue weighted by atomic mass is 9.95. The smallest absolute Gasteiger partial charge is 0.229 e. The number of hydrogen-bond donors (Lipinski definition) is 2. The average molecular weight is 292 g/mol. The summed E-state index contributed by atoms with van der Waals surface area (Å²) >= 11 is 0. The first-order valence-electron chi connectivity index (χ1n) is 7.44. The summed E-state index contributed by atoms with van der Waals surface area (Å²) in [6.07, 6.45) is 0. The number of fused-ring (bicyclic) bond motifs is 1. The van der Waals surface area contributed by atoms with Crippen LogP contribution in [0.25, 0.3) is 22.2 Å². The summed E-state index contributed by atoms with van der Waals surface area (Å²) < 4.78 is 0. The van der Waals surface area contributed by atoms with Crippen molar-refractivity contribution in [2.75, 3.05) is 5.32 Å². The van der Waals surface area contributed by atoms with Gasteiger partial charge in [-0.3, -0.25) is 4.79 Å². The molecule has 22 heavy (non-hydrogen) atoms. The van der Waals surface area contributed by atoms with Gasteiger partial charge in [0.15, 0.2) is 0 Å². The van der Waals surface area contributed by atoms with Crippen molar-refractivity contribution in [3.05, 3.63) is 54.6 Å². The van der Waals surface area contributed by atoms with Crippen LogP contribution in [0.5, 0.6) is 0 Å². The highest BCUT2D eigenvalue weighted by Crippen LogP contribution is 2.31. The molecule has 1 heterocycles. The molecule has 3 heteroatoms. The molecule has 0 spiro atoms. The molecule has 0 saturated heterocycles. The summed E-state index contributed by atoms with van der Waals surface area (Å²) in [7, 11) is 0. The van der Waals surface area contributed by atoms with Crippen molar-refractivity contribution in [2.45, 2.75) is 20.8 Å². The minimum Gasteiger partial charge on any atom is -0.354 e. The lowest BCUT2D eigenvalue weighted by Gasteiger charge is -2.19. The number of hydrogen-bond acceptors (Lipinski definition) is 1. The van der Waals surface area contributed by atoms with Crippen molar-refractivity contribution < 1.29 is 4.79 Å². The van der Waals surface area contributed by atoms with Gasteiger partial charge in [-0.2, -0.15) is 0 Å². The molecule has 0 aliphatic heterocycles. The second-order valence-electron chi connectivity index (χ2n) is 6.52. The maximum absolute atomic E-state index is 12.3. The van der Waals surface area contributed by atoms with Gasteiger partial charge in [0, 0.05) is 27.6 Å². The zero-order valence-corrected chi connectivity index (χ0v) is 13.1. The highest BCUT2D eigenvalue weighted by molar-refractivity contribution is 5.99. The molecule has 0 unspecified atom stereocenters. The monoisotopic (exact) mass is 292 g/mol. The van der Waals surface area contributed by atoms with Gasteiger partial charge >= 0.3 is 0 Å². The molecule has 0 saturated carbocycles. The fourth-order valence-corrected chi connectivity index (χ4v) is 2.36. The van der Waals surface area contributed by atoms with Crippen LogP contribution >= 0.6 is 0 Å². The molecule has 3 aromatic rings. The van der Waals surface area contributed by atoms with E-state index in [-0.39, 0.29) is 5.91 Å². The van der Waals surface area contributed by atoms with Crippen molar-refractivity contribution >= 4 is 22.5 Å². The molecule has 2 N–H and O–H groups in total. The largest absolute Gasteiger partial charge is 0.354 e. The van der Waals surface area contributed by atoms with Gasteiger partial charge in [0.2, 0.25) is 5.91 Å². The van der Waals surface area contributed by atoms with Crippen LogP contribution < -0.4 is 5.32 Å². The number of para-hydroxylation sites is 2. The van der Waals surface area contributed by atoms with E-state index in [0.717, 1.165) is 27.8 Å². The predicted octanol–water partition coefficient (Wildman–Crippen LogP) is 4.82. The summed E-state index contributed by atoms with van der Waals surface area (Å²) in [5.74, 6) is 0.0102. The van der Waals surface area contributed by atoms with Crippen LogP contribution in [-0.4, -0.2) is 10.9 Å². The van der Waals surface area contributed by atoms with Crippen LogP contribution in [0.1, 0.15) is 20.8 Å². The van der Waals surface area contributed by atoms with E-state index in [4.69, 9.17) is 0 Å². The first-order chi connectivity index (χ1) is 10.4. The quantitative estimate of drug-likeness (QED) is 0.699. The van der Waals surface area contributed by atoms with E-state index >= 15 is 0 Å². The Morgan fingerprint density at radius 2 is 1.68 bits per heavy atom. The summed E-state index contributed by atoms with van der Waals surface area (Å²) in [6.45, 7) is 5.73. The third kappa shape index (κ3) is 2.75. The van der Waals surface area contributed by atoms with Crippen molar-refractivity contribution in [1.29, 1.82) is 0 Å². The minimum absolute atomic E-state index is 0.0102. The Morgan fingerprint density at radius 3 is 2.41 bits per heavy atom. The fourth-order valence-electron chi connectivity index (χ4n) is 2.36. The molecule has 3 nitrogen and oxygen atoms in total. The van der Waals surface area contributed by atoms with E-state index in [9.17, 15) is 4.79 Å². The molecule has 0 radical (unpaired) electrons. The van der Waals surface area contributed by atoms with Crippen molar-refractivity contribution in [1.82, 2.24) is 4.98 Å². The molecule has 0 aliphatic rings. The Hall–Kier alpha value is -2.55. The summed E-state index contributed by atoms with van der Waals surface area (Å²) in [5, 5.41) is 4.20. The van der Waals surface area contributed by atoms with Gasteiger partial charge in [-0.05, 0) is 18.2 Å². The zero-order chi connectivity index (χ0) is 15.7. The summed E-state index contributed by atoms with van der Waals surface area (Å²) in [5.41, 5.74) is 3.50. The molecule has 0 aliphatic carbocycles. The molecule has 0 bridgehead atoms. The van der Waals surface area contributed by atoms with Gasteiger partial charge < -0.3 is 10.3 Å². The average Bonchev–Trinajstić information content (AvgIpc) is 2.90. The molecule has 3 rings (SSSR count). The number of aromatic amines is 1. The fraction of sp³-hybridized carbons (Fsp3) is 0.211. The van der Waals surface area contributed by atoms with E-state index in [2.05, 4.69) is 28.5 Å². The van der Waals surface area contributed by atoms with Crippen LogP contribution in [0.3, 0.4) is 0 Å². The Balaban J connectivity index is 2.02. The number of carbonyl (C=O) groups excluding carboxylic acids is 1. The lowest BCUT2D eigenvalue weighted by Crippen LogP contribution is -2.27. The third-order valence-corrected chi connectivity index (χ3v) is 3.68. The molecule has 1 aromatic heterocycles. The number of rotatable bonds is 2. The topological polar surface area (TPSA) is 44.9 Å². The Bertz CT molecular complexity index is 792. The molecular formula is C19H20N2O. The maximum atomic E-state index is 12.3. The predicted molar refractivity (Wildman–Crippen MR) is 91.8 cm³/mol. The number of nitrogens with one attached hydrogen (secondary N) is 2. The van der Waals surface area contributed by atoms with E-state index in [1.807, 2.05) is 57.2 Å². The third-order valence-electron chi connectivity index (χ3n) is 3.68. The number of anilines is 1. The first kappa shape index (κ1) is 14.4. The number of H-pyrrole nitrogens is 1. The van der Waals surface area contributed by atoms with Gasteiger partial charge in [0.1, 0.15) is 0 Å². The Morgan fingerprint density at radius 1 is 1.00 bits per heavy atom. The summed E-state index contributed by atoms with van der Waals surface area (Å²) in [4.78, 5) is 15.7. The van der Waals surface area contributed by atoms with E-state index < -0.39 is 5.41 Å². The van der Waals surface area contributed by atoms with Gasteiger partial charge in [-0.15, -0.1) is 0 Å². The van der Waals surface area contributed by atoms with Crippen LogP contribution in [0.15, 0.2) is 54.6 Å². The first-order valence-corrected chi connectivity index (χ1v) is 7.44. The van der Waals surface area contributed by atoms with Crippen LogP contribution in [0.4, 0.5) is 5.69 Å². The van der Waals surface area contributed by atoms with Crippen LogP contribution in [0, 0.1) is 5.41 Å². The van der Waals surface area contributed by atoms with Crippen LogP contribution in [0.2, 0.25) is 0 Å². The number of aromatic nitrogens is 1. The van der Waals surface area contributed by atoms with Gasteiger partial charge in [-0.1, -0.05) is 57.2 Å². The summed E-state index contributed by atoms with van der Waals surface area (Å²) in [6, 6.07) is 18.1. The molecule has 2 aromatic carbocycles. The number of benzene rings is 2. The lowest BCUT2D eigenvalue weighted by molar-refractivity contribution is -0.123. The van der Waals surface area contributed by atoms with Crippen LogP contribution in [-0.2, 0) is 4.79 Å². The standard InChI is InChI=1S/C19H20N2O/c1-19(2,3)18(22)21-16-11-7-5-9-14(16)17-12-13-8-4-6-10-15(13)20-17/h4-12,20H,1-3H3,(H,21,22). The second-order valence-corrected chi connectivity index (χ2v) is 6.52. The van der Waals surface area contributed by atoms with Crippen molar-refractivity contribution in [2.24, 2.45) is 5.41 Å². The van der Waals surface area contributed by atoms with Crippen molar-refractivity contribution in [3.8, 4) is 11.3 Å². The molecule has 0 atom stereocenters. The minimum atomic E-state index is -0.423. The van der Waals surface area contributed by atoms with Crippen molar-refractivity contribution in [3.63, 3.8) is 0 Å². The molecule has 112 valence electrons. The molecule has 1 amide bonds. The Kier molecular flexibility index (Phi) is 3.49. The highest BCUT2D eigenvalue weighted by atomic mass is 16.2. The normalized spacial score (nSPS) is 11.6. The van der Waals surface area contributed by atoms with Gasteiger partial charge in [0.25, 0.3) is 0 Å². The SMILES string of the molecule is CC(C)(C)C(=O)Nc1ccccc1-c1cc2ccccc2[nH]1. The zero-order valence-electron chi connectivity index (χ0n) is 13.1. The van der Waals surface area contributed by atoms with Gasteiger partial charge in [-0.25, -0.2) is 0 Å². The maximum Gasteiger partial charge on any atom is 0.229 e. The molecule has 0 fully saturated rings. The van der Waals surface area contributed by atoms with E-state index in [1.165, 1.54) is 0 Å². The molecular weight excluding hydrogens is 272 g/mol. The van der Waals surface area contributed by atoms with E-state index in [0.29, 0.717) is 0 Å². The van der Waals surface area contributed by atoms with Gasteiger partial charge in [0.05, 0.1) is 5.69 Å². The Labute approximate surface area is 130 Å². The van der Waals surface area contributed by atoms with E-state index in [1.54, 1.807) is 0 Å². The number of amides is 1. The second kappa shape index (κ2) is 5.34. The highest BCUT2D eigenvalue weighted by Gasteiger charge is 2.22. The number of carbonyl (C=O) groups is 1.